The first-order chi connectivity index (χ1) is 13.0. The van der Waals surface area contributed by atoms with Gasteiger partial charge in [-0.05, 0) is 31.2 Å². The summed E-state index contributed by atoms with van der Waals surface area (Å²) in [5.74, 6) is 0.921. The van der Waals surface area contributed by atoms with Gasteiger partial charge in [0.25, 0.3) is 5.91 Å². The molecule has 1 saturated heterocycles. The lowest BCUT2D eigenvalue weighted by Gasteiger charge is -2.36. The lowest BCUT2D eigenvalue weighted by molar-refractivity contribution is -0.138. The number of carbonyl (C=O) groups excluding carboxylic acids is 1. The van der Waals surface area contributed by atoms with Gasteiger partial charge < -0.3 is 14.5 Å². The quantitative estimate of drug-likeness (QED) is 0.780. The Labute approximate surface area is 167 Å². The molecule has 0 aliphatic carbocycles. The SMILES string of the molecule is CC(Oc1cccc(Cl)c1Cl)C(=O)N1CCN(c2ncccc2C#N)CC1. The minimum Gasteiger partial charge on any atom is -0.479 e. The summed E-state index contributed by atoms with van der Waals surface area (Å²) in [4.78, 5) is 20.8. The Morgan fingerprint density at radius 3 is 2.67 bits per heavy atom. The molecule has 27 heavy (non-hydrogen) atoms. The van der Waals surface area contributed by atoms with Crippen molar-refractivity contribution in [1.29, 1.82) is 5.26 Å². The van der Waals surface area contributed by atoms with E-state index in [4.69, 9.17) is 27.9 Å². The van der Waals surface area contributed by atoms with Crippen LogP contribution in [0.2, 0.25) is 10.0 Å². The maximum absolute atomic E-state index is 12.7. The molecule has 0 bridgehead atoms. The molecule has 0 radical (unpaired) electrons. The number of aromatic nitrogens is 1. The van der Waals surface area contributed by atoms with Crippen molar-refractivity contribution in [2.24, 2.45) is 0 Å². The molecule has 1 aliphatic rings. The molecule has 6 nitrogen and oxygen atoms in total. The minimum absolute atomic E-state index is 0.118. The van der Waals surface area contributed by atoms with Crippen LogP contribution in [0.3, 0.4) is 0 Å². The normalized spacial score (nSPS) is 15.2. The number of hydrogen-bond acceptors (Lipinski definition) is 5. The highest BCUT2D eigenvalue weighted by Crippen LogP contribution is 2.32. The fourth-order valence-corrected chi connectivity index (χ4v) is 3.28. The third-order valence-corrected chi connectivity index (χ3v) is 5.17. The fourth-order valence-electron chi connectivity index (χ4n) is 2.95. The fraction of sp³-hybridized carbons (Fsp3) is 0.316. The van der Waals surface area contributed by atoms with E-state index in [-0.39, 0.29) is 5.91 Å². The van der Waals surface area contributed by atoms with Crippen molar-refractivity contribution >= 4 is 34.9 Å². The zero-order valence-electron chi connectivity index (χ0n) is 14.7. The number of benzene rings is 1. The lowest BCUT2D eigenvalue weighted by Crippen LogP contribution is -2.52. The van der Waals surface area contributed by atoms with Crippen molar-refractivity contribution in [2.45, 2.75) is 13.0 Å². The number of nitrogens with zero attached hydrogens (tertiary/aromatic N) is 4. The number of rotatable bonds is 4. The van der Waals surface area contributed by atoms with Gasteiger partial charge in [-0.25, -0.2) is 4.98 Å². The van der Waals surface area contributed by atoms with Crippen LogP contribution < -0.4 is 9.64 Å². The van der Waals surface area contributed by atoms with Crippen molar-refractivity contribution in [3.8, 4) is 11.8 Å². The van der Waals surface area contributed by atoms with Gasteiger partial charge in [-0.15, -0.1) is 0 Å². The number of amides is 1. The van der Waals surface area contributed by atoms with Gasteiger partial charge in [0.2, 0.25) is 0 Å². The maximum atomic E-state index is 12.7. The topological polar surface area (TPSA) is 69.5 Å². The van der Waals surface area contributed by atoms with Crippen molar-refractivity contribution in [1.82, 2.24) is 9.88 Å². The molecule has 1 amide bonds. The average Bonchev–Trinajstić information content (AvgIpc) is 2.71. The first-order valence-corrected chi connectivity index (χ1v) is 9.26. The van der Waals surface area contributed by atoms with E-state index in [1.54, 1.807) is 48.4 Å². The number of piperazine rings is 1. The van der Waals surface area contributed by atoms with E-state index in [1.165, 1.54) is 0 Å². The summed E-state index contributed by atoms with van der Waals surface area (Å²) in [6.07, 6.45) is 0.982. The van der Waals surface area contributed by atoms with Crippen LogP contribution in [0.15, 0.2) is 36.5 Å². The van der Waals surface area contributed by atoms with Gasteiger partial charge in [-0.1, -0.05) is 29.3 Å². The first kappa shape index (κ1) is 19.3. The smallest absolute Gasteiger partial charge is 0.263 e. The van der Waals surface area contributed by atoms with Crippen LogP contribution in [-0.4, -0.2) is 48.1 Å². The lowest BCUT2D eigenvalue weighted by atomic mass is 10.2. The number of nitriles is 1. The van der Waals surface area contributed by atoms with E-state index in [2.05, 4.69) is 11.1 Å². The third-order valence-electron chi connectivity index (χ3n) is 4.37. The largest absolute Gasteiger partial charge is 0.479 e. The Kier molecular flexibility index (Phi) is 6.04. The molecule has 8 heteroatoms. The number of carbonyl (C=O) groups is 1. The predicted molar refractivity (Wildman–Crippen MR) is 104 cm³/mol. The number of hydrogen-bond donors (Lipinski definition) is 0. The zero-order chi connectivity index (χ0) is 19.4. The van der Waals surface area contributed by atoms with E-state index in [9.17, 15) is 10.1 Å². The summed E-state index contributed by atoms with van der Waals surface area (Å²) in [6, 6.07) is 10.7. The molecular weight excluding hydrogens is 387 g/mol. The van der Waals surface area contributed by atoms with Crippen LogP contribution in [0, 0.1) is 11.3 Å². The number of halogens is 2. The first-order valence-electron chi connectivity index (χ1n) is 8.50. The van der Waals surface area contributed by atoms with Crippen molar-refractivity contribution in [3.05, 3.63) is 52.1 Å². The van der Waals surface area contributed by atoms with Crippen molar-refractivity contribution in [2.75, 3.05) is 31.1 Å². The number of anilines is 1. The van der Waals surface area contributed by atoms with E-state index in [0.717, 1.165) is 0 Å². The van der Waals surface area contributed by atoms with Gasteiger partial charge in [0.15, 0.2) is 6.10 Å². The molecule has 1 aliphatic heterocycles. The molecule has 2 heterocycles. The Bertz CT molecular complexity index is 876. The van der Waals surface area contributed by atoms with E-state index in [0.29, 0.717) is 53.4 Å². The standard InChI is InChI=1S/C19H18Cl2N4O2/c1-13(27-16-6-2-5-15(20)17(16)21)19(26)25-10-8-24(9-11-25)18-14(12-22)4-3-7-23-18/h2-7,13H,8-11H2,1H3. The summed E-state index contributed by atoms with van der Waals surface area (Å²) in [5.41, 5.74) is 0.532. The highest BCUT2D eigenvalue weighted by Gasteiger charge is 2.27. The molecule has 1 unspecified atom stereocenters. The molecule has 0 N–H and O–H groups in total. The predicted octanol–water partition coefficient (Wildman–Crippen LogP) is 3.38. The molecule has 3 rings (SSSR count). The van der Waals surface area contributed by atoms with Crippen LogP contribution in [0.5, 0.6) is 5.75 Å². The monoisotopic (exact) mass is 404 g/mol. The number of ether oxygens (including phenoxy) is 1. The van der Waals surface area contributed by atoms with Crippen LogP contribution >= 0.6 is 23.2 Å². The highest BCUT2D eigenvalue weighted by atomic mass is 35.5. The summed E-state index contributed by atoms with van der Waals surface area (Å²) in [5, 5.41) is 9.90. The second-order valence-electron chi connectivity index (χ2n) is 6.11. The average molecular weight is 405 g/mol. The molecule has 2 aromatic rings. The van der Waals surface area contributed by atoms with Gasteiger partial charge in [-0.3, -0.25) is 4.79 Å². The van der Waals surface area contributed by atoms with E-state index >= 15 is 0 Å². The van der Waals surface area contributed by atoms with Crippen LogP contribution in [-0.2, 0) is 4.79 Å². The molecule has 1 aromatic carbocycles. The molecule has 0 spiro atoms. The van der Waals surface area contributed by atoms with Crippen molar-refractivity contribution in [3.63, 3.8) is 0 Å². The second kappa shape index (κ2) is 8.47. The summed E-state index contributed by atoms with van der Waals surface area (Å²) >= 11 is 12.1. The van der Waals surface area contributed by atoms with Gasteiger partial charge >= 0.3 is 0 Å². The van der Waals surface area contributed by atoms with E-state index in [1.807, 2.05) is 4.90 Å². The van der Waals surface area contributed by atoms with Crippen LogP contribution in [0.25, 0.3) is 0 Å². The molecule has 0 saturated carbocycles. The highest BCUT2D eigenvalue weighted by molar-refractivity contribution is 6.42. The zero-order valence-corrected chi connectivity index (χ0v) is 16.2. The second-order valence-corrected chi connectivity index (χ2v) is 6.90. The Morgan fingerprint density at radius 2 is 1.96 bits per heavy atom. The summed E-state index contributed by atoms with van der Waals surface area (Å²) in [7, 11) is 0. The maximum Gasteiger partial charge on any atom is 0.263 e. The van der Waals surface area contributed by atoms with Gasteiger partial charge in [0.1, 0.15) is 22.7 Å². The Morgan fingerprint density at radius 1 is 1.22 bits per heavy atom. The molecule has 1 aromatic heterocycles. The summed E-state index contributed by atoms with van der Waals surface area (Å²) in [6.45, 7) is 3.94. The Balaban J connectivity index is 1.61. The molecule has 140 valence electrons. The van der Waals surface area contributed by atoms with Crippen LogP contribution in [0.1, 0.15) is 12.5 Å². The van der Waals surface area contributed by atoms with Gasteiger partial charge in [0.05, 0.1) is 10.6 Å². The van der Waals surface area contributed by atoms with Gasteiger partial charge in [0, 0.05) is 32.4 Å². The third kappa shape index (κ3) is 4.26. The molecule has 1 fully saturated rings. The van der Waals surface area contributed by atoms with E-state index < -0.39 is 6.10 Å². The molecule has 1 atom stereocenters. The Hall–Kier alpha value is -2.49. The number of pyridine rings is 1. The van der Waals surface area contributed by atoms with Crippen molar-refractivity contribution < 1.29 is 9.53 Å². The minimum atomic E-state index is -0.683. The molecular formula is C19H18Cl2N4O2. The summed E-state index contributed by atoms with van der Waals surface area (Å²) < 4.78 is 5.71. The van der Waals surface area contributed by atoms with Gasteiger partial charge in [-0.2, -0.15) is 5.26 Å². The van der Waals surface area contributed by atoms with Crippen LogP contribution in [0.4, 0.5) is 5.82 Å².